The molecule has 3 rings (SSSR count). The Labute approximate surface area is 111 Å². The first-order valence-electron chi connectivity index (χ1n) is 6.20. The number of ketones is 1. The van der Waals surface area contributed by atoms with Crippen LogP contribution in [0.4, 0.5) is 0 Å². The van der Waals surface area contributed by atoms with Crippen molar-refractivity contribution in [2.45, 2.75) is 0 Å². The molecule has 1 aliphatic rings. The maximum atomic E-state index is 12.0. The first kappa shape index (κ1) is 11.7. The number of benzene rings is 2. The molecule has 1 heterocycles. The van der Waals surface area contributed by atoms with Crippen LogP contribution >= 0.6 is 0 Å². The molecule has 3 nitrogen and oxygen atoms in total. The fourth-order valence-electron chi connectivity index (χ4n) is 2.14. The van der Waals surface area contributed by atoms with Crippen molar-refractivity contribution in [1.29, 1.82) is 0 Å². The summed E-state index contributed by atoms with van der Waals surface area (Å²) in [6.45, 7) is 0.499. The van der Waals surface area contributed by atoms with Gasteiger partial charge in [-0.25, -0.2) is 0 Å². The lowest BCUT2D eigenvalue weighted by Gasteiger charge is -2.29. The fraction of sp³-hybridized carbons (Fsp3) is 0.125. The zero-order chi connectivity index (χ0) is 13.2. The number of rotatable bonds is 2. The van der Waals surface area contributed by atoms with Crippen LogP contribution in [0, 0.1) is 0 Å². The smallest absolute Gasteiger partial charge is 0.254 e. The van der Waals surface area contributed by atoms with Gasteiger partial charge in [0.05, 0.1) is 13.1 Å². The Balaban J connectivity index is 1.79. The maximum absolute atomic E-state index is 12.0. The number of nitrogens with zero attached hydrogens (tertiary/aromatic N) is 1. The van der Waals surface area contributed by atoms with Crippen molar-refractivity contribution in [2.24, 2.45) is 0 Å². The minimum Gasteiger partial charge on any atom is -0.324 e. The molecule has 1 saturated heterocycles. The molecule has 0 N–H and O–H groups in total. The SMILES string of the molecule is O=C1CN(C(=O)c2ccc(-c3ccccc3)cc2)C1. The van der Waals surface area contributed by atoms with E-state index in [1.165, 1.54) is 0 Å². The highest BCUT2D eigenvalue weighted by molar-refractivity contribution is 6.03. The van der Waals surface area contributed by atoms with Crippen molar-refractivity contribution in [3.63, 3.8) is 0 Å². The third-order valence-electron chi connectivity index (χ3n) is 3.26. The van der Waals surface area contributed by atoms with Gasteiger partial charge in [-0.05, 0) is 23.3 Å². The molecule has 0 spiro atoms. The second-order valence-electron chi connectivity index (χ2n) is 4.64. The Kier molecular flexibility index (Phi) is 2.88. The number of likely N-dealkylation sites (tertiary alicyclic amines) is 1. The summed E-state index contributed by atoms with van der Waals surface area (Å²) < 4.78 is 0. The van der Waals surface area contributed by atoms with Gasteiger partial charge < -0.3 is 4.90 Å². The zero-order valence-electron chi connectivity index (χ0n) is 10.4. The molecule has 0 radical (unpaired) electrons. The minimum atomic E-state index is -0.0702. The third-order valence-corrected chi connectivity index (χ3v) is 3.26. The summed E-state index contributed by atoms with van der Waals surface area (Å²) in [5.74, 6) is 0.0495. The Morgan fingerprint density at radius 3 is 2.00 bits per heavy atom. The summed E-state index contributed by atoms with van der Waals surface area (Å²) in [7, 11) is 0. The molecule has 1 fully saturated rings. The molecule has 0 aliphatic carbocycles. The second-order valence-corrected chi connectivity index (χ2v) is 4.64. The number of amides is 1. The Morgan fingerprint density at radius 1 is 0.842 bits per heavy atom. The quantitative estimate of drug-likeness (QED) is 0.821. The van der Waals surface area contributed by atoms with E-state index in [1.54, 1.807) is 4.90 Å². The van der Waals surface area contributed by atoms with Crippen molar-refractivity contribution in [2.75, 3.05) is 13.1 Å². The van der Waals surface area contributed by atoms with E-state index >= 15 is 0 Å². The molecular formula is C16H13NO2. The lowest BCUT2D eigenvalue weighted by molar-refractivity contribution is -0.127. The van der Waals surface area contributed by atoms with Crippen LogP contribution in [0.3, 0.4) is 0 Å². The van der Waals surface area contributed by atoms with E-state index in [-0.39, 0.29) is 24.8 Å². The van der Waals surface area contributed by atoms with E-state index in [2.05, 4.69) is 0 Å². The summed E-state index contributed by atoms with van der Waals surface area (Å²) in [4.78, 5) is 24.4. The van der Waals surface area contributed by atoms with Crippen molar-refractivity contribution in [1.82, 2.24) is 4.90 Å². The molecule has 0 atom stereocenters. The van der Waals surface area contributed by atoms with Gasteiger partial charge in [0, 0.05) is 5.56 Å². The van der Waals surface area contributed by atoms with Gasteiger partial charge in [-0.3, -0.25) is 9.59 Å². The standard InChI is InChI=1S/C16H13NO2/c18-15-10-17(11-15)16(19)14-8-6-13(7-9-14)12-4-2-1-3-5-12/h1-9H,10-11H2. The molecule has 2 aromatic carbocycles. The van der Waals surface area contributed by atoms with E-state index in [0.717, 1.165) is 11.1 Å². The number of carbonyl (C=O) groups is 2. The van der Waals surface area contributed by atoms with Crippen LogP contribution in [-0.2, 0) is 4.79 Å². The van der Waals surface area contributed by atoms with Crippen molar-refractivity contribution >= 4 is 11.7 Å². The predicted molar refractivity (Wildman–Crippen MR) is 72.8 cm³/mol. The topological polar surface area (TPSA) is 37.4 Å². The summed E-state index contributed by atoms with van der Waals surface area (Å²) >= 11 is 0. The molecule has 0 aromatic heterocycles. The van der Waals surface area contributed by atoms with E-state index in [1.807, 2.05) is 54.6 Å². The summed E-state index contributed by atoms with van der Waals surface area (Å²) in [5, 5.41) is 0. The maximum Gasteiger partial charge on any atom is 0.254 e. The molecule has 94 valence electrons. The molecule has 1 amide bonds. The highest BCUT2D eigenvalue weighted by Gasteiger charge is 2.28. The molecular weight excluding hydrogens is 238 g/mol. The second kappa shape index (κ2) is 4.69. The summed E-state index contributed by atoms with van der Waals surface area (Å²) in [6, 6.07) is 17.5. The molecule has 19 heavy (non-hydrogen) atoms. The van der Waals surface area contributed by atoms with Crippen molar-refractivity contribution < 1.29 is 9.59 Å². The lowest BCUT2D eigenvalue weighted by atomic mass is 10.0. The van der Waals surface area contributed by atoms with Gasteiger partial charge in [0.25, 0.3) is 5.91 Å². The van der Waals surface area contributed by atoms with Gasteiger partial charge >= 0.3 is 0 Å². The number of hydrogen-bond donors (Lipinski definition) is 0. The van der Waals surface area contributed by atoms with Gasteiger partial charge in [0.1, 0.15) is 0 Å². The lowest BCUT2D eigenvalue weighted by Crippen LogP contribution is -2.50. The van der Waals surface area contributed by atoms with Crippen LogP contribution in [0.1, 0.15) is 10.4 Å². The Hall–Kier alpha value is -2.42. The highest BCUT2D eigenvalue weighted by Crippen LogP contribution is 2.20. The average Bonchev–Trinajstić information content (AvgIpc) is 2.44. The molecule has 1 aliphatic heterocycles. The van der Waals surface area contributed by atoms with Crippen LogP contribution in [-0.4, -0.2) is 29.7 Å². The largest absolute Gasteiger partial charge is 0.324 e. The van der Waals surface area contributed by atoms with Crippen LogP contribution < -0.4 is 0 Å². The van der Waals surface area contributed by atoms with Gasteiger partial charge in [-0.2, -0.15) is 0 Å². The third kappa shape index (κ3) is 2.27. The number of Topliss-reactive ketones (excluding diaryl/α,β-unsaturated/α-hetero) is 1. The van der Waals surface area contributed by atoms with Gasteiger partial charge in [-0.15, -0.1) is 0 Å². The van der Waals surface area contributed by atoms with Crippen LogP contribution in [0.2, 0.25) is 0 Å². The van der Waals surface area contributed by atoms with E-state index < -0.39 is 0 Å². The average molecular weight is 251 g/mol. The van der Waals surface area contributed by atoms with E-state index in [4.69, 9.17) is 0 Å². The van der Waals surface area contributed by atoms with Crippen LogP contribution in [0.25, 0.3) is 11.1 Å². The molecule has 2 aromatic rings. The summed E-state index contributed by atoms with van der Waals surface area (Å²) in [5.41, 5.74) is 2.84. The van der Waals surface area contributed by atoms with Crippen LogP contribution in [0.15, 0.2) is 54.6 Å². The fourth-order valence-corrected chi connectivity index (χ4v) is 2.14. The first-order valence-corrected chi connectivity index (χ1v) is 6.20. The number of carbonyl (C=O) groups excluding carboxylic acids is 2. The highest BCUT2D eigenvalue weighted by atomic mass is 16.2. The van der Waals surface area contributed by atoms with E-state index in [9.17, 15) is 9.59 Å². The van der Waals surface area contributed by atoms with Crippen LogP contribution in [0.5, 0.6) is 0 Å². The molecule has 0 unspecified atom stereocenters. The normalized spacial score (nSPS) is 14.1. The van der Waals surface area contributed by atoms with E-state index in [0.29, 0.717) is 5.56 Å². The van der Waals surface area contributed by atoms with Gasteiger partial charge in [0.2, 0.25) is 0 Å². The van der Waals surface area contributed by atoms with Gasteiger partial charge in [0.15, 0.2) is 5.78 Å². The predicted octanol–water partition coefficient (Wildman–Crippen LogP) is 2.38. The molecule has 0 bridgehead atoms. The molecule has 0 saturated carbocycles. The van der Waals surface area contributed by atoms with Gasteiger partial charge in [-0.1, -0.05) is 42.5 Å². The zero-order valence-corrected chi connectivity index (χ0v) is 10.4. The first-order chi connectivity index (χ1) is 9.24. The molecule has 3 heteroatoms. The van der Waals surface area contributed by atoms with Crippen molar-refractivity contribution in [3.05, 3.63) is 60.2 Å². The Bertz CT molecular complexity index is 609. The Morgan fingerprint density at radius 2 is 1.42 bits per heavy atom. The monoisotopic (exact) mass is 251 g/mol. The number of hydrogen-bond acceptors (Lipinski definition) is 2. The minimum absolute atomic E-state index is 0.0702. The summed E-state index contributed by atoms with van der Waals surface area (Å²) in [6.07, 6.45) is 0. The van der Waals surface area contributed by atoms with Crippen molar-refractivity contribution in [3.8, 4) is 11.1 Å².